The molecule has 0 aromatic carbocycles. The predicted molar refractivity (Wildman–Crippen MR) is 39.2 cm³/mol. The lowest BCUT2D eigenvalue weighted by atomic mass is 9.97. The van der Waals surface area contributed by atoms with Crippen molar-refractivity contribution in [3.8, 4) is 0 Å². The summed E-state index contributed by atoms with van der Waals surface area (Å²) < 4.78 is 25.4. The van der Waals surface area contributed by atoms with Crippen LogP contribution in [0.25, 0.3) is 0 Å². The lowest BCUT2D eigenvalue weighted by molar-refractivity contribution is 0.0294. The third-order valence-corrected chi connectivity index (χ3v) is 1.61. The van der Waals surface area contributed by atoms with Gasteiger partial charge in [-0.05, 0) is 11.5 Å². The molecule has 0 aliphatic heterocycles. The number of hydrogen-bond acceptors (Lipinski definition) is 0. The lowest BCUT2D eigenvalue weighted by Gasteiger charge is -2.19. The van der Waals surface area contributed by atoms with Gasteiger partial charge in [0, 0.05) is 6.42 Å². The van der Waals surface area contributed by atoms with Crippen molar-refractivity contribution in [3.63, 3.8) is 0 Å². The fraction of sp³-hybridized carbons (Fsp3) is 0.750. The molecule has 0 atom stereocenters. The zero-order valence-corrected chi connectivity index (χ0v) is 6.75. The molecule has 0 radical (unpaired) electrons. The second kappa shape index (κ2) is 3.13. The topological polar surface area (TPSA) is 0 Å². The SMILES string of the molecule is C=C(C(C)C)C(F)(F)CC. The smallest absolute Gasteiger partial charge is 0.202 e. The molecular weight excluding hydrogens is 134 g/mol. The van der Waals surface area contributed by atoms with E-state index in [1.165, 1.54) is 6.92 Å². The van der Waals surface area contributed by atoms with Crippen LogP contribution >= 0.6 is 0 Å². The van der Waals surface area contributed by atoms with Gasteiger partial charge in [0.1, 0.15) is 0 Å². The molecule has 0 aromatic rings. The number of alkyl halides is 2. The molecule has 0 aliphatic carbocycles. The molecular formula is C8H14F2. The van der Waals surface area contributed by atoms with Crippen LogP contribution in [0.1, 0.15) is 27.2 Å². The highest BCUT2D eigenvalue weighted by molar-refractivity contribution is 5.09. The molecule has 0 heterocycles. The van der Waals surface area contributed by atoms with Crippen LogP contribution in [0.3, 0.4) is 0 Å². The van der Waals surface area contributed by atoms with Crippen LogP contribution in [0.5, 0.6) is 0 Å². The van der Waals surface area contributed by atoms with Crippen LogP contribution in [0.2, 0.25) is 0 Å². The first kappa shape index (κ1) is 9.60. The van der Waals surface area contributed by atoms with Crippen LogP contribution in [0.4, 0.5) is 8.78 Å². The normalized spacial score (nSPS) is 12.2. The summed E-state index contributed by atoms with van der Waals surface area (Å²) in [4.78, 5) is 0. The zero-order chi connectivity index (χ0) is 8.36. The zero-order valence-electron chi connectivity index (χ0n) is 6.75. The van der Waals surface area contributed by atoms with E-state index >= 15 is 0 Å². The van der Waals surface area contributed by atoms with E-state index in [1.54, 1.807) is 13.8 Å². The molecule has 0 rings (SSSR count). The van der Waals surface area contributed by atoms with Gasteiger partial charge in [0.15, 0.2) is 0 Å². The van der Waals surface area contributed by atoms with Crippen LogP contribution in [-0.2, 0) is 0 Å². The minimum Gasteiger partial charge on any atom is -0.202 e. The molecule has 10 heavy (non-hydrogen) atoms. The Kier molecular flexibility index (Phi) is 3.00. The highest BCUT2D eigenvalue weighted by Gasteiger charge is 2.31. The highest BCUT2D eigenvalue weighted by atomic mass is 19.3. The summed E-state index contributed by atoms with van der Waals surface area (Å²) in [6, 6.07) is 0. The molecule has 60 valence electrons. The first-order valence-corrected chi connectivity index (χ1v) is 3.49. The van der Waals surface area contributed by atoms with Gasteiger partial charge in [0.2, 0.25) is 0 Å². The summed E-state index contributed by atoms with van der Waals surface area (Å²) in [6.45, 7) is 8.27. The number of hydrogen-bond donors (Lipinski definition) is 0. The number of halogens is 2. The van der Waals surface area contributed by atoms with E-state index in [0.29, 0.717) is 0 Å². The Balaban J connectivity index is 4.19. The maximum Gasteiger partial charge on any atom is 0.269 e. The highest BCUT2D eigenvalue weighted by Crippen LogP contribution is 2.30. The standard InChI is InChI=1S/C8H14F2/c1-5-8(9,10)7(4)6(2)3/h6H,4-5H2,1-3H3. The molecule has 2 heteroatoms. The van der Waals surface area contributed by atoms with E-state index in [4.69, 9.17) is 0 Å². The Morgan fingerprint density at radius 2 is 1.90 bits per heavy atom. The van der Waals surface area contributed by atoms with Gasteiger partial charge in [-0.15, -0.1) is 0 Å². The number of rotatable bonds is 3. The minimum absolute atomic E-state index is 0.0370. The summed E-state index contributed by atoms with van der Waals surface area (Å²) in [6.07, 6.45) is -0.149. The van der Waals surface area contributed by atoms with Crippen molar-refractivity contribution < 1.29 is 8.78 Å². The predicted octanol–water partition coefficient (Wildman–Crippen LogP) is 3.24. The Bertz CT molecular complexity index is 125. The van der Waals surface area contributed by atoms with E-state index in [-0.39, 0.29) is 17.9 Å². The van der Waals surface area contributed by atoms with Crippen LogP contribution in [-0.4, -0.2) is 5.92 Å². The molecule has 0 aliphatic rings. The van der Waals surface area contributed by atoms with Crippen LogP contribution < -0.4 is 0 Å². The molecule has 0 amide bonds. The first-order chi connectivity index (χ1) is 4.41. The summed E-state index contributed by atoms with van der Waals surface area (Å²) >= 11 is 0. The maximum absolute atomic E-state index is 12.7. The monoisotopic (exact) mass is 148 g/mol. The van der Waals surface area contributed by atoms with Gasteiger partial charge in [-0.2, -0.15) is 0 Å². The van der Waals surface area contributed by atoms with Gasteiger partial charge >= 0.3 is 0 Å². The van der Waals surface area contributed by atoms with Crippen molar-refractivity contribution in [2.75, 3.05) is 0 Å². The third-order valence-electron chi connectivity index (χ3n) is 1.61. The molecule has 0 aromatic heterocycles. The largest absolute Gasteiger partial charge is 0.269 e. The molecule has 0 fully saturated rings. The molecule has 0 saturated heterocycles. The Morgan fingerprint density at radius 1 is 1.50 bits per heavy atom. The van der Waals surface area contributed by atoms with Crippen molar-refractivity contribution in [2.24, 2.45) is 5.92 Å². The van der Waals surface area contributed by atoms with Crippen molar-refractivity contribution in [3.05, 3.63) is 12.2 Å². The van der Waals surface area contributed by atoms with Crippen LogP contribution in [0.15, 0.2) is 12.2 Å². The fourth-order valence-electron chi connectivity index (χ4n) is 0.649. The van der Waals surface area contributed by atoms with E-state index < -0.39 is 5.92 Å². The van der Waals surface area contributed by atoms with Crippen molar-refractivity contribution in [1.29, 1.82) is 0 Å². The second-order valence-corrected chi connectivity index (χ2v) is 2.74. The first-order valence-electron chi connectivity index (χ1n) is 3.49. The Hall–Kier alpha value is -0.400. The summed E-state index contributed by atoms with van der Waals surface area (Å²) in [5, 5.41) is 0. The Morgan fingerprint density at radius 3 is 2.00 bits per heavy atom. The molecule has 0 unspecified atom stereocenters. The molecule has 0 bridgehead atoms. The second-order valence-electron chi connectivity index (χ2n) is 2.74. The fourth-order valence-corrected chi connectivity index (χ4v) is 0.649. The number of allylic oxidation sites excluding steroid dienone is 1. The van der Waals surface area contributed by atoms with Gasteiger partial charge in [-0.25, -0.2) is 8.78 Å². The maximum atomic E-state index is 12.7. The van der Waals surface area contributed by atoms with Gasteiger partial charge in [-0.3, -0.25) is 0 Å². The third kappa shape index (κ3) is 2.09. The Labute approximate surface area is 60.9 Å². The van der Waals surface area contributed by atoms with E-state index in [1.807, 2.05) is 0 Å². The van der Waals surface area contributed by atoms with Gasteiger partial charge < -0.3 is 0 Å². The van der Waals surface area contributed by atoms with E-state index in [0.717, 1.165) is 0 Å². The van der Waals surface area contributed by atoms with Crippen molar-refractivity contribution >= 4 is 0 Å². The van der Waals surface area contributed by atoms with Crippen molar-refractivity contribution in [1.82, 2.24) is 0 Å². The lowest BCUT2D eigenvalue weighted by Crippen LogP contribution is -2.20. The molecule has 0 N–H and O–H groups in total. The molecule has 0 nitrogen and oxygen atoms in total. The summed E-state index contributed by atoms with van der Waals surface area (Å²) in [5.41, 5.74) is 0.0370. The van der Waals surface area contributed by atoms with Crippen LogP contribution in [0, 0.1) is 5.92 Å². The summed E-state index contributed by atoms with van der Waals surface area (Å²) in [7, 11) is 0. The molecule has 0 spiro atoms. The van der Waals surface area contributed by atoms with Gasteiger partial charge in [0.05, 0.1) is 0 Å². The average molecular weight is 148 g/mol. The van der Waals surface area contributed by atoms with Gasteiger partial charge in [-0.1, -0.05) is 27.4 Å². The van der Waals surface area contributed by atoms with Gasteiger partial charge in [0.25, 0.3) is 5.92 Å². The van der Waals surface area contributed by atoms with E-state index in [9.17, 15) is 8.78 Å². The quantitative estimate of drug-likeness (QED) is 0.539. The van der Waals surface area contributed by atoms with Crippen molar-refractivity contribution in [2.45, 2.75) is 33.1 Å². The molecule has 0 saturated carbocycles. The minimum atomic E-state index is -2.67. The van der Waals surface area contributed by atoms with E-state index in [2.05, 4.69) is 6.58 Å². The summed E-state index contributed by atoms with van der Waals surface area (Å²) in [5.74, 6) is -2.80. The average Bonchev–Trinajstić information content (AvgIpc) is 1.86.